The summed E-state index contributed by atoms with van der Waals surface area (Å²) in [5.74, 6) is 0. The summed E-state index contributed by atoms with van der Waals surface area (Å²) < 4.78 is 2.72. The molecule has 0 amide bonds. The lowest BCUT2D eigenvalue weighted by molar-refractivity contribution is 0.774. The zero-order chi connectivity index (χ0) is 39.3. The maximum absolute atomic E-state index is 2.60. The van der Waals surface area contributed by atoms with E-state index in [1.54, 1.807) is 0 Å². The number of rotatable bonds is 2. The Labute approximate surface area is 353 Å². The highest BCUT2D eigenvalue weighted by Gasteiger charge is 2.51. The molecule has 278 valence electrons. The third kappa shape index (κ3) is 4.00. The van der Waals surface area contributed by atoms with Crippen LogP contribution in [0.2, 0.25) is 0 Å². The molecular formula is C56H35BN2S. The molecule has 1 spiro atoms. The second kappa shape index (κ2) is 11.8. The zero-order valence-corrected chi connectivity index (χ0v) is 33.7. The summed E-state index contributed by atoms with van der Waals surface area (Å²) in [6.07, 6.45) is 0. The number of hydrogen-bond acceptors (Lipinski definition) is 3. The monoisotopic (exact) mass is 778 g/mol. The highest BCUT2D eigenvalue weighted by Crippen LogP contribution is 2.63. The second-order valence-electron chi connectivity index (χ2n) is 16.8. The van der Waals surface area contributed by atoms with Crippen molar-refractivity contribution in [1.29, 1.82) is 0 Å². The fraction of sp³-hybridized carbons (Fsp3) is 0.0357. The van der Waals surface area contributed by atoms with E-state index in [2.05, 4.69) is 211 Å². The molecule has 0 saturated heterocycles. The molecule has 4 aliphatic rings. The normalized spacial score (nSPS) is 16.1. The number of fused-ring (bicyclic) bond motifs is 15. The van der Waals surface area contributed by atoms with Crippen molar-refractivity contribution in [1.82, 2.24) is 0 Å². The van der Waals surface area contributed by atoms with Crippen LogP contribution < -0.4 is 25.5 Å². The summed E-state index contributed by atoms with van der Waals surface area (Å²) in [5.41, 5.74) is 21.7. The van der Waals surface area contributed by atoms with E-state index in [0.717, 1.165) is 0 Å². The van der Waals surface area contributed by atoms with Crippen LogP contribution in [0.1, 0.15) is 27.8 Å². The molecule has 2 aliphatic carbocycles. The van der Waals surface area contributed by atoms with Crippen molar-refractivity contribution in [3.63, 3.8) is 0 Å². The van der Waals surface area contributed by atoms with Crippen molar-refractivity contribution < 1.29 is 0 Å². The fourth-order valence-corrected chi connectivity index (χ4v) is 13.0. The number of anilines is 6. The van der Waals surface area contributed by atoms with Gasteiger partial charge in [0.25, 0.3) is 6.71 Å². The first-order valence-electron chi connectivity index (χ1n) is 21.0. The molecule has 1 atom stereocenters. The first-order chi connectivity index (χ1) is 29.7. The van der Waals surface area contributed by atoms with Gasteiger partial charge in [0.15, 0.2) is 0 Å². The van der Waals surface area contributed by atoms with Gasteiger partial charge in [-0.05, 0) is 128 Å². The quantitative estimate of drug-likeness (QED) is 0.161. The summed E-state index contributed by atoms with van der Waals surface area (Å²) in [6, 6.07) is 73.3. The van der Waals surface area contributed by atoms with Crippen LogP contribution in [-0.2, 0) is 5.41 Å². The molecule has 2 aliphatic heterocycles. The van der Waals surface area contributed by atoms with Crippen LogP contribution in [0.25, 0.3) is 43.1 Å². The number of hydrogen-bond donors (Lipinski definition) is 0. The molecule has 3 heterocycles. The van der Waals surface area contributed by atoms with E-state index in [0.29, 0.717) is 0 Å². The lowest BCUT2D eigenvalue weighted by atomic mass is 9.36. The maximum Gasteiger partial charge on any atom is 0.264 e. The van der Waals surface area contributed by atoms with Crippen LogP contribution in [0, 0.1) is 6.92 Å². The Bertz CT molecular complexity index is 3470. The lowest BCUT2D eigenvalue weighted by Gasteiger charge is -2.43. The van der Waals surface area contributed by atoms with Crippen LogP contribution in [0.5, 0.6) is 0 Å². The van der Waals surface area contributed by atoms with Gasteiger partial charge in [-0.2, -0.15) is 0 Å². The summed E-state index contributed by atoms with van der Waals surface area (Å²) >= 11 is 1.99. The second-order valence-corrected chi connectivity index (χ2v) is 17.9. The van der Waals surface area contributed by atoms with Crippen LogP contribution >= 0.6 is 11.3 Å². The van der Waals surface area contributed by atoms with E-state index in [4.69, 9.17) is 0 Å². The van der Waals surface area contributed by atoms with Crippen molar-refractivity contribution >= 4 is 88.7 Å². The molecule has 60 heavy (non-hydrogen) atoms. The molecule has 14 rings (SSSR count). The Kier molecular flexibility index (Phi) is 6.42. The standard InChI is InChI=1S/C56H35BN2S/c1-34-29-30-39-41-32-42-51(33-46(41)56(45(39)31-34)43-23-9-8-21-38(43)40-22-12-15-35-16-13-24-44(56)52(35)40)60-55-54(42)59(37-19-6-3-7-20-37)50-28-14-27-49-53(50)57(55)47-25-10-11-26-48(47)58(49)36-17-4-2-5-18-36/h2-33H,1H3. The molecule has 0 bridgehead atoms. The number of thiophene rings is 1. The Balaban J connectivity index is 1.11. The largest absolute Gasteiger partial charge is 0.311 e. The SMILES string of the molecule is Cc1ccc2c(c1)C1(c3cc4sc5c(c4cc3-2)N(c2ccccc2)c2cccc3c2B5c2ccccc2N3c2ccccc2)c2ccccc2-c2cccc3cccc1c23. The summed E-state index contributed by atoms with van der Waals surface area (Å²) in [5, 5.41) is 3.97. The van der Waals surface area contributed by atoms with Gasteiger partial charge in [-0.3, -0.25) is 0 Å². The van der Waals surface area contributed by atoms with E-state index in [1.165, 1.54) is 121 Å². The van der Waals surface area contributed by atoms with Crippen LogP contribution in [0.15, 0.2) is 194 Å². The van der Waals surface area contributed by atoms with Gasteiger partial charge in [-0.1, -0.05) is 145 Å². The fourth-order valence-electron chi connectivity index (χ4n) is 11.6. The molecule has 0 saturated carbocycles. The predicted molar refractivity (Wildman–Crippen MR) is 254 cm³/mol. The summed E-state index contributed by atoms with van der Waals surface area (Å²) in [6.45, 7) is 2.33. The van der Waals surface area contributed by atoms with Gasteiger partial charge in [0.1, 0.15) is 0 Å². The van der Waals surface area contributed by atoms with Crippen molar-refractivity contribution in [3.8, 4) is 22.3 Å². The lowest BCUT2D eigenvalue weighted by Crippen LogP contribution is -2.60. The van der Waals surface area contributed by atoms with Gasteiger partial charge in [0.05, 0.1) is 11.1 Å². The van der Waals surface area contributed by atoms with Gasteiger partial charge in [0, 0.05) is 43.3 Å². The predicted octanol–water partition coefficient (Wildman–Crippen LogP) is 12.8. The van der Waals surface area contributed by atoms with E-state index >= 15 is 0 Å². The molecule has 4 heteroatoms. The number of nitrogens with zero attached hydrogens (tertiary/aromatic N) is 2. The molecular weight excluding hydrogens is 744 g/mol. The molecule has 10 aromatic rings. The maximum atomic E-state index is 2.60. The molecule has 2 nitrogen and oxygen atoms in total. The van der Waals surface area contributed by atoms with Crippen LogP contribution in [0.3, 0.4) is 0 Å². The minimum Gasteiger partial charge on any atom is -0.311 e. The van der Waals surface area contributed by atoms with Gasteiger partial charge in [-0.15, -0.1) is 11.3 Å². The average Bonchev–Trinajstić information content (AvgIpc) is 3.80. The zero-order valence-electron chi connectivity index (χ0n) is 32.9. The first kappa shape index (κ1) is 32.8. The highest BCUT2D eigenvalue weighted by molar-refractivity contribution is 7.33. The Morgan fingerprint density at radius 3 is 1.92 bits per heavy atom. The molecule has 9 aromatic carbocycles. The van der Waals surface area contributed by atoms with Crippen molar-refractivity contribution in [2.75, 3.05) is 9.80 Å². The Morgan fingerprint density at radius 2 is 1.08 bits per heavy atom. The van der Waals surface area contributed by atoms with Crippen LogP contribution in [-0.4, -0.2) is 6.71 Å². The molecule has 0 N–H and O–H groups in total. The van der Waals surface area contributed by atoms with E-state index < -0.39 is 5.41 Å². The Morgan fingerprint density at radius 1 is 0.467 bits per heavy atom. The van der Waals surface area contributed by atoms with E-state index in [1.807, 2.05) is 11.3 Å². The van der Waals surface area contributed by atoms with Crippen molar-refractivity contribution in [3.05, 3.63) is 222 Å². The minimum atomic E-state index is -0.470. The Hall–Kier alpha value is -7.14. The summed E-state index contributed by atoms with van der Waals surface area (Å²) in [7, 11) is 0. The van der Waals surface area contributed by atoms with Gasteiger partial charge >= 0.3 is 0 Å². The molecule has 1 unspecified atom stereocenters. The molecule has 1 aromatic heterocycles. The average molecular weight is 779 g/mol. The number of para-hydroxylation sites is 3. The topological polar surface area (TPSA) is 6.48 Å². The van der Waals surface area contributed by atoms with Gasteiger partial charge < -0.3 is 9.80 Å². The molecule has 0 radical (unpaired) electrons. The minimum absolute atomic E-state index is 0.0782. The summed E-state index contributed by atoms with van der Waals surface area (Å²) in [4.78, 5) is 5.04. The smallest absolute Gasteiger partial charge is 0.264 e. The molecule has 0 fully saturated rings. The van der Waals surface area contributed by atoms with E-state index in [9.17, 15) is 0 Å². The van der Waals surface area contributed by atoms with Gasteiger partial charge in [-0.25, -0.2) is 0 Å². The van der Waals surface area contributed by atoms with E-state index in [-0.39, 0.29) is 6.71 Å². The van der Waals surface area contributed by atoms with Crippen molar-refractivity contribution in [2.45, 2.75) is 12.3 Å². The third-order valence-electron chi connectivity index (χ3n) is 13.9. The number of aryl methyl sites for hydroxylation is 1. The first-order valence-corrected chi connectivity index (χ1v) is 21.8. The third-order valence-corrected chi connectivity index (χ3v) is 15.1. The van der Waals surface area contributed by atoms with Crippen LogP contribution in [0.4, 0.5) is 34.1 Å². The van der Waals surface area contributed by atoms with Gasteiger partial charge in [0.2, 0.25) is 0 Å². The highest BCUT2D eigenvalue weighted by atomic mass is 32.1. The van der Waals surface area contributed by atoms with Crippen molar-refractivity contribution in [2.24, 2.45) is 0 Å². The number of benzene rings is 9.